The van der Waals surface area contributed by atoms with Crippen molar-refractivity contribution in [3.63, 3.8) is 0 Å². The van der Waals surface area contributed by atoms with Crippen LogP contribution in [-0.4, -0.2) is 25.2 Å². The zero-order valence-electron chi connectivity index (χ0n) is 12.1. The molecule has 0 aromatic rings. The number of allylic oxidation sites excluding steroid dienone is 1. The molecule has 0 aliphatic rings. The fraction of sp³-hybridized carbons (Fsp3) is 0.500. The maximum Gasteiger partial charge on any atom is 0.311 e. The minimum absolute atomic E-state index is 1.02. The van der Waals surface area contributed by atoms with Crippen LogP contribution in [0.15, 0.2) is 36.3 Å². The second kappa shape index (κ2) is 5.62. The smallest absolute Gasteiger partial charge is 0.311 e. The molecule has 0 radical (unpaired) electrons. The van der Waals surface area contributed by atoms with Gasteiger partial charge in [-0.15, -0.1) is 19.7 Å². The monoisotopic (exact) mass is 286 g/mol. The summed E-state index contributed by atoms with van der Waals surface area (Å²) in [5.74, 6) is 0. The molecular formula is C12H26O2Si3. The minimum Gasteiger partial charge on any atom is -0.437 e. The normalized spacial score (nSPS) is 13.3. The highest BCUT2D eigenvalue weighted by Crippen LogP contribution is 2.25. The van der Waals surface area contributed by atoms with E-state index in [4.69, 9.17) is 8.23 Å². The lowest BCUT2D eigenvalue weighted by atomic mass is 10.8. The Morgan fingerprint density at radius 3 is 1.59 bits per heavy atom. The molecule has 0 aliphatic heterocycles. The SMILES string of the molecule is C=C[Si](C=C)(O[Si](C)(C)O[Si](C)(C)C)C(=C)C. The Kier molecular flexibility index (Phi) is 5.55. The summed E-state index contributed by atoms with van der Waals surface area (Å²) in [6.45, 7) is 24.5. The molecule has 2 nitrogen and oxygen atoms in total. The summed E-state index contributed by atoms with van der Waals surface area (Å²) in [5.41, 5.74) is 3.76. The summed E-state index contributed by atoms with van der Waals surface area (Å²) in [4.78, 5) is 0. The zero-order chi connectivity index (χ0) is 13.9. The number of hydrogen-bond donors (Lipinski definition) is 0. The Morgan fingerprint density at radius 2 is 1.35 bits per heavy atom. The largest absolute Gasteiger partial charge is 0.437 e. The summed E-state index contributed by atoms with van der Waals surface area (Å²) in [6.07, 6.45) is 0. The molecular weight excluding hydrogens is 260 g/mol. The van der Waals surface area contributed by atoms with Crippen LogP contribution in [0.5, 0.6) is 0 Å². The molecule has 0 fully saturated rings. The van der Waals surface area contributed by atoms with Gasteiger partial charge in [0, 0.05) is 0 Å². The van der Waals surface area contributed by atoms with E-state index >= 15 is 0 Å². The van der Waals surface area contributed by atoms with E-state index in [0.29, 0.717) is 0 Å². The first-order valence-corrected chi connectivity index (χ1v) is 14.1. The van der Waals surface area contributed by atoms with E-state index in [9.17, 15) is 0 Å². The molecule has 5 heteroatoms. The summed E-state index contributed by atoms with van der Waals surface area (Å²) in [6, 6.07) is 0. The summed E-state index contributed by atoms with van der Waals surface area (Å²) in [7, 11) is -6.01. The fourth-order valence-electron chi connectivity index (χ4n) is 1.77. The van der Waals surface area contributed by atoms with Crippen molar-refractivity contribution in [1.29, 1.82) is 0 Å². The first-order valence-electron chi connectivity index (χ1n) is 5.81. The van der Waals surface area contributed by atoms with E-state index in [0.717, 1.165) is 5.20 Å². The third kappa shape index (κ3) is 5.31. The Labute approximate surface area is 110 Å². The fourth-order valence-corrected chi connectivity index (χ4v) is 13.7. The molecule has 17 heavy (non-hydrogen) atoms. The van der Waals surface area contributed by atoms with Crippen LogP contribution in [0.1, 0.15) is 6.92 Å². The van der Waals surface area contributed by atoms with Gasteiger partial charge in [-0.1, -0.05) is 16.6 Å². The Balaban J connectivity index is 5.07. The van der Waals surface area contributed by atoms with E-state index in [1.165, 1.54) is 0 Å². The molecule has 0 aliphatic carbocycles. The standard InChI is InChI=1S/C12H26O2Si3/c1-10-17(11-2,12(3)4)14-16(8,9)13-15(5,6)7/h10-11H,1-3H2,4-9H3. The molecule has 0 spiro atoms. The molecule has 0 aromatic heterocycles. The van der Waals surface area contributed by atoms with Crippen LogP contribution in [0.4, 0.5) is 0 Å². The second-order valence-electron chi connectivity index (χ2n) is 5.70. The molecule has 0 saturated carbocycles. The molecule has 0 heterocycles. The first-order chi connectivity index (χ1) is 7.48. The Bertz CT molecular complexity index is 308. The summed E-state index contributed by atoms with van der Waals surface area (Å²) < 4.78 is 12.5. The predicted octanol–water partition coefficient (Wildman–Crippen LogP) is 4.07. The van der Waals surface area contributed by atoms with E-state index in [1.54, 1.807) is 0 Å². The summed E-state index contributed by atoms with van der Waals surface area (Å²) >= 11 is 0. The van der Waals surface area contributed by atoms with Gasteiger partial charge in [0.2, 0.25) is 0 Å². The van der Waals surface area contributed by atoms with Crippen molar-refractivity contribution in [3.8, 4) is 0 Å². The van der Waals surface area contributed by atoms with Gasteiger partial charge >= 0.3 is 8.56 Å². The highest BCUT2D eigenvalue weighted by Gasteiger charge is 2.40. The van der Waals surface area contributed by atoms with Crippen molar-refractivity contribution in [2.45, 2.75) is 39.7 Å². The highest BCUT2D eigenvalue weighted by molar-refractivity contribution is 6.96. The van der Waals surface area contributed by atoms with Crippen molar-refractivity contribution in [1.82, 2.24) is 0 Å². The average molecular weight is 287 g/mol. The molecule has 0 N–H and O–H groups in total. The Morgan fingerprint density at radius 1 is 0.941 bits per heavy atom. The molecule has 0 saturated heterocycles. The van der Waals surface area contributed by atoms with Crippen LogP contribution in [0.2, 0.25) is 32.7 Å². The van der Waals surface area contributed by atoms with E-state index in [2.05, 4.69) is 52.5 Å². The third-order valence-corrected chi connectivity index (χ3v) is 12.5. The minimum atomic E-state index is -2.26. The molecule has 0 rings (SSSR count). The number of rotatable bonds is 7. The Hall–Kier alpha value is -0.209. The van der Waals surface area contributed by atoms with E-state index in [-0.39, 0.29) is 0 Å². The maximum absolute atomic E-state index is 6.32. The highest BCUT2D eigenvalue weighted by atomic mass is 28.5. The summed E-state index contributed by atoms with van der Waals surface area (Å²) in [5, 5.41) is 1.02. The van der Waals surface area contributed by atoms with E-state index < -0.39 is 25.2 Å². The van der Waals surface area contributed by atoms with Gasteiger partial charge in [0.25, 0.3) is 8.32 Å². The van der Waals surface area contributed by atoms with Crippen molar-refractivity contribution in [3.05, 3.63) is 36.3 Å². The van der Waals surface area contributed by atoms with Crippen LogP contribution in [0.25, 0.3) is 0 Å². The van der Waals surface area contributed by atoms with Gasteiger partial charge < -0.3 is 8.23 Å². The molecule has 0 unspecified atom stereocenters. The van der Waals surface area contributed by atoms with Crippen molar-refractivity contribution >= 4 is 25.2 Å². The van der Waals surface area contributed by atoms with Crippen LogP contribution >= 0.6 is 0 Å². The van der Waals surface area contributed by atoms with Crippen molar-refractivity contribution < 1.29 is 8.23 Å². The van der Waals surface area contributed by atoms with Crippen molar-refractivity contribution in [2.24, 2.45) is 0 Å². The lowest BCUT2D eigenvalue weighted by Gasteiger charge is -2.38. The van der Waals surface area contributed by atoms with E-state index in [1.807, 2.05) is 18.3 Å². The lowest BCUT2D eigenvalue weighted by molar-refractivity contribution is 0.400. The van der Waals surface area contributed by atoms with Crippen LogP contribution in [0, 0.1) is 0 Å². The molecule has 0 bridgehead atoms. The molecule has 98 valence electrons. The molecule has 0 aromatic carbocycles. The van der Waals surface area contributed by atoms with Gasteiger partial charge in [0.1, 0.15) is 0 Å². The van der Waals surface area contributed by atoms with Gasteiger partial charge in [0.15, 0.2) is 8.32 Å². The van der Waals surface area contributed by atoms with Crippen LogP contribution in [0.3, 0.4) is 0 Å². The van der Waals surface area contributed by atoms with Crippen LogP contribution < -0.4 is 0 Å². The zero-order valence-corrected chi connectivity index (χ0v) is 15.1. The molecule has 0 atom stereocenters. The van der Waals surface area contributed by atoms with Gasteiger partial charge in [-0.3, -0.25) is 0 Å². The average Bonchev–Trinajstić information content (AvgIpc) is 2.09. The topological polar surface area (TPSA) is 18.5 Å². The van der Waals surface area contributed by atoms with Crippen LogP contribution in [-0.2, 0) is 8.23 Å². The van der Waals surface area contributed by atoms with Gasteiger partial charge in [-0.2, -0.15) is 0 Å². The van der Waals surface area contributed by atoms with Gasteiger partial charge in [-0.05, 0) is 39.7 Å². The first kappa shape index (κ1) is 16.8. The lowest BCUT2D eigenvalue weighted by Crippen LogP contribution is -2.53. The predicted molar refractivity (Wildman–Crippen MR) is 84.0 cm³/mol. The van der Waals surface area contributed by atoms with Gasteiger partial charge in [0.05, 0.1) is 0 Å². The maximum atomic E-state index is 6.32. The van der Waals surface area contributed by atoms with Crippen molar-refractivity contribution in [2.75, 3.05) is 0 Å². The molecule has 0 amide bonds. The van der Waals surface area contributed by atoms with Gasteiger partial charge in [-0.25, -0.2) is 0 Å². The third-order valence-electron chi connectivity index (χ3n) is 2.24. The number of hydrogen-bond acceptors (Lipinski definition) is 2. The second-order valence-corrected chi connectivity index (χ2v) is 17.6. The quantitative estimate of drug-likeness (QED) is 0.657.